The molecule has 0 saturated heterocycles. The first-order valence-corrected chi connectivity index (χ1v) is 9.06. The number of amides is 1. The van der Waals surface area contributed by atoms with Crippen molar-refractivity contribution in [3.63, 3.8) is 0 Å². The molecule has 0 unspecified atom stereocenters. The Labute approximate surface area is 165 Å². The van der Waals surface area contributed by atoms with Crippen LogP contribution in [0.4, 0.5) is 5.69 Å². The van der Waals surface area contributed by atoms with E-state index in [1.54, 1.807) is 30.3 Å². The van der Waals surface area contributed by atoms with E-state index < -0.39 is 0 Å². The first-order valence-electron chi connectivity index (χ1n) is 9.06. The third-order valence-corrected chi connectivity index (χ3v) is 3.81. The molecule has 146 valence electrons. The predicted octanol–water partition coefficient (Wildman–Crippen LogP) is 4.43. The molecule has 0 bridgehead atoms. The zero-order chi connectivity index (χ0) is 20.2. The highest BCUT2D eigenvalue weighted by atomic mass is 16.5. The molecule has 1 amide bonds. The zero-order valence-electron chi connectivity index (χ0n) is 16.1. The van der Waals surface area contributed by atoms with Crippen molar-refractivity contribution in [3.8, 4) is 23.3 Å². The highest BCUT2D eigenvalue weighted by molar-refractivity contribution is 6.02. The molecule has 0 aliphatic heterocycles. The van der Waals surface area contributed by atoms with Crippen molar-refractivity contribution in [3.05, 3.63) is 54.1 Å². The van der Waals surface area contributed by atoms with Crippen molar-refractivity contribution in [1.82, 2.24) is 0 Å². The Morgan fingerprint density at radius 1 is 1.14 bits per heavy atom. The molecule has 0 atom stereocenters. The van der Waals surface area contributed by atoms with Gasteiger partial charge in [-0.15, -0.1) is 0 Å². The Kier molecular flexibility index (Phi) is 8.41. The fourth-order valence-electron chi connectivity index (χ4n) is 2.39. The summed E-state index contributed by atoms with van der Waals surface area (Å²) in [5.41, 5.74) is 1.40. The topological polar surface area (TPSA) is 80.6 Å². The number of anilines is 1. The average Bonchev–Trinajstić information content (AvgIpc) is 2.72. The molecule has 0 saturated carbocycles. The lowest BCUT2D eigenvalue weighted by Crippen LogP contribution is -2.09. The lowest BCUT2D eigenvalue weighted by molar-refractivity contribution is -0.111. The van der Waals surface area contributed by atoms with Gasteiger partial charge in [-0.3, -0.25) is 4.79 Å². The fourth-order valence-corrected chi connectivity index (χ4v) is 2.39. The lowest BCUT2D eigenvalue weighted by Gasteiger charge is -2.11. The molecule has 2 aromatic rings. The minimum atomic E-state index is -0.268. The van der Waals surface area contributed by atoms with Crippen molar-refractivity contribution in [1.29, 1.82) is 5.26 Å². The van der Waals surface area contributed by atoms with Crippen LogP contribution in [0.15, 0.2) is 48.5 Å². The average molecular weight is 380 g/mol. The Morgan fingerprint density at radius 3 is 2.71 bits per heavy atom. The number of nitriles is 1. The number of methoxy groups -OCH3 is 1. The summed E-state index contributed by atoms with van der Waals surface area (Å²) in [5.74, 6) is 1.35. The molecular weight excluding hydrogens is 356 g/mol. The normalized spacial score (nSPS) is 10.3. The number of unbranched alkanes of at least 4 members (excludes halogenated alkanes) is 1. The Bertz CT molecular complexity index is 856. The number of nitrogens with zero attached hydrogens (tertiary/aromatic N) is 1. The van der Waals surface area contributed by atoms with Crippen LogP contribution in [0.1, 0.15) is 25.3 Å². The third kappa shape index (κ3) is 6.36. The van der Waals surface area contributed by atoms with Gasteiger partial charge in [-0.2, -0.15) is 5.26 Å². The van der Waals surface area contributed by atoms with E-state index in [0.29, 0.717) is 29.5 Å². The minimum Gasteiger partial charge on any atom is -0.493 e. The Hall–Kier alpha value is -3.46. The lowest BCUT2D eigenvalue weighted by atomic mass is 10.2. The van der Waals surface area contributed by atoms with Gasteiger partial charge in [-0.25, -0.2) is 0 Å². The molecule has 0 fully saturated rings. The zero-order valence-corrected chi connectivity index (χ0v) is 16.1. The van der Waals surface area contributed by atoms with E-state index in [1.807, 2.05) is 24.3 Å². The van der Waals surface area contributed by atoms with Gasteiger partial charge in [0, 0.05) is 6.08 Å². The summed E-state index contributed by atoms with van der Waals surface area (Å²) >= 11 is 0. The summed E-state index contributed by atoms with van der Waals surface area (Å²) < 4.78 is 16.3. The molecule has 0 aromatic heterocycles. The molecule has 28 heavy (non-hydrogen) atoms. The molecule has 6 nitrogen and oxygen atoms in total. The van der Waals surface area contributed by atoms with Gasteiger partial charge in [0.05, 0.1) is 19.4 Å². The molecule has 0 radical (unpaired) electrons. The Balaban J connectivity index is 2.03. The number of carbonyl (C=O) groups excluding carboxylic acids is 1. The monoisotopic (exact) mass is 380 g/mol. The largest absolute Gasteiger partial charge is 0.493 e. The van der Waals surface area contributed by atoms with Gasteiger partial charge in [0.1, 0.15) is 11.8 Å². The van der Waals surface area contributed by atoms with Gasteiger partial charge >= 0.3 is 0 Å². The summed E-state index contributed by atoms with van der Waals surface area (Å²) in [6, 6.07) is 14.5. The molecule has 1 N–H and O–H groups in total. The van der Waals surface area contributed by atoms with Gasteiger partial charge in [-0.05, 0) is 42.3 Å². The molecule has 2 aromatic carbocycles. The van der Waals surface area contributed by atoms with Gasteiger partial charge in [0.2, 0.25) is 5.91 Å². The number of hydrogen-bond donors (Lipinski definition) is 1. The second kappa shape index (κ2) is 11.3. The third-order valence-electron chi connectivity index (χ3n) is 3.81. The number of para-hydroxylation sites is 2. The van der Waals surface area contributed by atoms with Crippen molar-refractivity contribution in [2.75, 3.05) is 25.6 Å². The van der Waals surface area contributed by atoms with Crippen LogP contribution in [0.5, 0.6) is 17.2 Å². The fraction of sp³-hybridized carbons (Fsp3) is 0.273. The maximum Gasteiger partial charge on any atom is 0.248 e. The highest BCUT2D eigenvalue weighted by Crippen LogP contribution is 2.28. The van der Waals surface area contributed by atoms with E-state index in [9.17, 15) is 4.79 Å². The van der Waals surface area contributed by atoms with Crippen LogP contribution >= 0.6 is 0 Å². The van der Waals surface area contributed by atoms with E-state index in [1.165, 1.54) is 13.2 Å². The van der Waals surface area contributed by atoms with E-state index in [0.717, 1.165) is 18.4 Å². The molecule has 0 aliphatic rings. The summed E-state index contributed by atoms with van der Waals surface area (Å²) in [4.78, 5) is 12.3. The quantitative estimate of drug-likeness (QED) is 0.487. The SMILES string of the molecule is CCCCOc1ccccc1NC(=O)/C=C/c1ccc(OCC#N)c(OC)c1. The van der Waals surface area contributed by atoms with Crippen molar-refractivity contribution < 1.29 is 19.0 Å². The van der Waals surface area contributed by atoms with Crippen LogP contribution in [0.25, 0.3) is 6.08 Å². The van der Waals surface area contributed by atoms with E-state index in [-0.39, 0.29) is 12.5 Å². The van der Waals surface area contributed by atoms with Crippen molar-refractivity contribution in [2.45, 2.75) is 19.8 Å². The molecule has 6 heteroatoms. The van der Waals surface area contributed by atoms with Gasteiger partial charge < -0.3 is 19.5 Å². The number of ether oxygens (including phenoxy) is 3. The van der Waals surface area contributed by atoms with Gasteiger partial charge in [0.25, 0.3) is 0 Å². The molecule has 0 aliphatic carbocycles. The van der Waals surface area contributed by atoms with E-state index in [4.69, 9.17) is 19.5 Å². The highest BCUT2D eigenvalue weighted by Gasteiger charge is 2.07. The molecule has 0 spiro atoms. The van der Waals surface area contributed by atoms with Crippen LogP contribution in [-0.4, -0.2) is 26.2 Å². The smallest absolute Gasteiger partial charge is 0.248 e. The second-order valence-corrected chi connectivity index (χ2v) is 5.88. The standard InChI is InChI=1S/C22H24N2O4/c1-3-4-14-27-19-8-6-5-7-18(19)24-22(25)12-10-17-9-11-20(28-15-13-23)21(16-17)26-2/h5-12,16H,3-4,14-15H2,1-2H3,(H,24,25)/b12-10+. The van der Waals surface area contributed by atoms with Crippen molar-refractivity contribution >= 4 is 17.7 Å². The molecular formula is C22H24N2O4. The van der Waals surface area contributed by atoms with Gasteiger partial charge in [0.15, 0.2) is 18.1 Å². The summed E-state index contributed by atoms with van der Waals surface area (Å²) in [7, 11) is 1.52. The molecule has 0 heterocycles. The summed E-state index contributed by atoms with van der Waals surface area (Å²) in [6.07, 6.45) is 5.11. The molecule has 2 rings (SSSR count). The van der Waals surface area contributed by atoms with E-state index in [2.05, 4.69) is 12.2 Å². The second-order valence-electron chi connectivity index (χ2n) is 5.88. The number of carbonyl (C=O) groups is 1. The predicted molar refractivity (Wildman–Crippen MR) is 109 cm³/mol. The van der Waals surface area contributed by atoms with Crippen LogP contribution in [0.2, 0.25) is 0 Å². The first kappa shape index (κ1) is 20.8. The maximum atomic E-state index is 12.3. The summed E-state index contributed by atoms with van der Waals surface area (Å²) in [5, 5.41) is 11.4. The Morgan fingerprint density at radius 2 is 1.96 bits per heavy atom. The number of nitrogens with one attached hydrogen (secondary N) is 1. The van der Waals surface area contributed by atoms with Crippen LogP contribution in [-0.2, 0) is 4.79 Å². The van der Waals surface area contributed by atoms with Crippen molar-refractivity contribution in [2.24, 2.45) is 0 Å². The maximum absolute atomic E-state index is 12.3. The van der Waals surface area contributed by atoms with Crippen LogP contribution in [0, 0.1) is 11.3 Å². The number of benzene rings is 2. The van der Waals surface area contributed by atoms with E-state index >= 15 is 0 Å². The van der Waals surface area contributed by atoms with Crippen LogP contribution < -0.4 is 19.5 Å². The van der Waals surface area contributed by atoms with Crippen LogP contribution in [0.3, 0.4) is 0 Å². The van der Waals surface area contributed by atoms with Gasteiger partial charge in [-0.1, -0.05) is 31.5 Å². The minimum absolute atomic E-state index is 0.0618. The number of rotatable bonds is 10. The summed E-state index contributed by atoms with van der Waals surface area (Å²) in [6.45, 7) is 2.64. The first-order chi connectivity index (χ1) is 13.7. The number of hydrogen-bond acceptors (Lipinski definition) is 5.